The summed E-state index contributed by atoms with van der Waals surface area (Å²) in [5.74, 6) is -0.0329. The summed E-state index contributed by atoms with van der Waals surface area (Å²) in [6.45, 7) is 2.17. The highest BCUT2D eigenvalue weighted by atomic mass is 35.5. The second kappa shape index (κ2) is 10.2. The Morgan fingerprint density at radius 1 is 1.36 bits per heavy atom. The number of rotatable bonds is 7. The number of likely N-dealkylation sites (N-methyl/N-ethyl adjacent to an activating group) is 1. The summed E-state index contributed by atoms with van der Waals surface area (Å²) in [6.07, 6.45) is 4.07. The number of nitrogens with one attached hydrogen (secondary N) is 2. The first-order valence-corrected chi connectivity index (χ1v) is 11.5. The maximum absolute atomic E-state index is 12.8. The molecule has 0 saturated carbocycles. The molecule has 176 valence electrons. The van der Waals surface area contributed by atoms with Crippen molar-refractivity contribution in [3.8, 4) is 0 Å². The summed E-state index contributed by atoms with van der Waals surface area (Å²) < 4.78 is 1.54. The van der Waals surface area contributed by atoms with E-state index in [9.17, 15) is 9.59 Å². The summed E-state index contributed by atoms with van der Waals surface area (Å²) in [4.78, 5) is 32.3. The second-order valence-electron chi connectivity index (χ2n) is 8.38. The van der Waals surface area contributed by atoms with Crippen molar-refractivity contribution in [2.45, 2.75) is 38.4 Å². The molecule has 1 saturated heterocycles. The molecule has 0 radical (unpaired) electrons. The number of nitrogens with two attached hydrogens (primary N) is 1. The van der Waals surface area contributed by atoms with Crippen LogP contribution in [0.15, 0.2) is 30.5 Å². The highest BCUT2D eigenvalue weighted by Crippen LogP contribution is 2.20. The minimum Gasteiger partial charge on any atom is -0.357 e. The molecule has 1 fully saturated rings. The van der Waals surface area contributed by atoms with Crippen LogP contribution in [0.1, 0.15) is 24.2 Å². The number of carbonyl (C=O) groups is 2. The van der Waals surface area contributed by atoms with Gasteiger partial charge < -0.3 is 25.8 Å². The zero-order valence-corrected chi connectivity index (χ0v) is 19.4. The van der Waals surface area contributed by atoms with Gasteiger partial charge in [-0.2, -0.15) is 0 Å². The Kier molecular flexibility index (Phi) is 7.14. The molecule has 4 N–H and O–H groups in total. The quantitative estimate of drug-likeness (QED) is 0.483. The van der Waals surface area contributed by atoms with Gasteiger partial charge in [-0.1, -0.05) is 16.8 Å². The Hall–Kier alpha value is -3.11. The van der Waals surface area contributed by atoms with E-state index < -0.39 is 0 Å². The van der Waals surface area contributed by atoms with E-state index in [4.69, 9.17) is 17.3 Å². The number of halogens is 1. The number of piperidine rings is 1. The molecule has 2 aromatic heterocycles. The number of carbonyl (C=O) groups excluding carboxylic acids is 2. The molecule has 1 atom stereocenters. The predicted octanol–water partition coefficient (Wildman–Crippen LogP) is 1.75. The Morgan fingerprint density at radius 2 is 2.21 bits per heavy atom. The average Bonchev–Trinajstić information content (AvgIpc) is 3.43. The first-order chi connectivity index (χ1) is 15.9. The lowest BCUT2D eigenvalue weighted by atomic mass is 10.0. The van der Waals surface area contributed by atoms with Gasteiger partial charge in [0.2, 0.25) is 5.91 Å². The fourth-order valence-corrected chi connectivity index (χ4v) is 4.31. The summed E-state index contributed by atoms with van der Waals surface area (Å²) in [5.41, 5.74) is 8.18. The third kappa shape index (κ3) is 5.63. The van der Waals surface area contributed by atoms with Gasteiger partial charge in [0.25, 0.3) is 0 Å². The predicted molar refractivity (Wildman–Crippen MR) is 126 cm³/mol. The Balaban J connectivity index is 1.29. The van der Waals surface area contributed by atoms with Crippen LogP contribution in [0.25, 0.3) is 10.9 Å². The van der Waals surface area contributed by atoms with Crippen LogP contribution in [0.3, 0.4) is 0 Å². The van der Waals surface area contributed by atoms with Gasteiger partial charge in [-0.25, -0.2) is 9.48 Å². The van der Waals surface area contributed by atoms with Gasteiger partial charge in [0, 0.05) is 54.4 Å². The normalized spacial score (nSPS) is 16.2. The van der Waals surface area contributed by atoms with Gasteiger partial charge in [0.05, 0.1) is 18.3 Å². The van der Waals surface area contributed by atoms with E-state index in [0.29, 0.717) is 37.6 Å². The number of amides is 3. The monoisotopic (exact) mass is 472 g/mol. The Bertz CT molecular complexity index is 1130. The molecule has 33 heavy (non-hydrogen) atoms. The smallest absolute Gasteiger partial charge is 0.317 e. The molecule has 4 rings (SSSR count). The fraction of sp³-hybridized carbons (Fsp3) is 0.455. The van der Waals surface area contributed by atoms with Crippen molar-refractivity contribution in [1.82, 2.24) is 35.1 Å². The number of aromatic amines is 1. The number of H-pyrrole nitrogens is 1. The first-order valence-electron chi connectivity index (χ1n) is 11.1. The third-order valence-corrected chi connectivity index (χ3v) is 6.20. The minimum atomic E-state index is -0.173. The Labute approximate surface area is 197 Å². The molecular formula is C22H29ClN8O2. The molecular weight excluding hydrogens is 444 g/mol. The van der Waals surface area contributed by atoms with E-state index in [1.54, 1.807) is 27.7 Å². The van der Waals surface area contributed by atoms with E-state index in [2.05, 4.69) is 20.6 Å². The first kappa shape index (κ1) is 23.1. The molecule has 3 aromatic rings. The number of urea groups is 1. The van der Waals surface area contributed by atoms with E-state index in [0.717, 1.165) is 35.1 Å². The number of fused-ring (bicyclic) bond motifs is 1. The van der Waals surface area contributed by atoms with Gasteiger partial charge in [-0.05, 0) is 43.7 Å². The summed E-state index contributed by atoms with van der Waals surface area (Å²) in [7, 11) is 1.77. The SMILES string of the molecule is CN(C(=O)NCc1cc2cc(Cl)ccc2[nH]1)[C@@H]1CCCN(C(=O)Cn2cc(CCN)nn2)C1. The van der Waals surface area contributed by atoms with Crippen molar-refractivity contribution in [2.75, 3.05) is 26.7 Å². The number of nitrogens with zero attached hydrogens (tertiary/aromatic N) is 5. The minimum absolute atomic E-state index is 0.0329. The standard InChI is InChI=1S/C22H29ClN8O2/c1-29(22(33)25-11-18-10-15-9-16(23)4-5-20(15)26-18)19-3-2-8-30(13-19)21(32)14-31-12-17(6-7-24)27-28-31/h4-5,9-10,12,19,26H,2-3,6-8,11,13-14,24H2,1H3,(H,25,33)/t19-/m1/s1. The van der Waals surface area contributed by atoms with Gasteiger partial charge >= 0.3 is 6.03 Å². The molecule has 0 unspecified atom stereocenters. The van der Waals surface area contributed by atoms with Gasteiger partial charge in [-0.3, -0.25) is 4.79 Å². The van der Waals surface area contributed by atoms with Crippen molar-refractivity contribution in [3.63, 3.8) is 0 Å². The highest BCUT2D eigenvalue weighted by molar-refractivity contribution is 6.31. The molecule has 11 heteroatoms. The number of hydrogen-bond acceptors (Lipinski definition) is 5. The van der Waals surface area contributed by atoms with E-state index in [1.165, 1.54) is 0 Å². The molecule has 3 heterocycles. The van der Waals surface area contributed by atoms with Crippen LogP contribution >= 0.6 is 11.6 Å². The maximum Gasteiger partial charge on any atom is 0.317 e. The zero-order chi connectivity index (χ0) is 23.4. The lowest BCUT2D eigenvalue weighted by molar-refractivity contribution is -0.133. The number of benzene rings is 1. The molecule has 3 amide bonds. The van der Waals surface area contributed by atoms with Crippen molar-refractivity contribution < 1.29 is 9.59 Å². The number of hydrogen-bond donors (Lipinski definition) is 3. The molecule has 1 aliphatic heterocycles. The van der Waals surface area contributed by atoms with Crippen molar-refractivity contribution >= 4 is 34.4 Å². The largest absolute Gasteiger partial charge is 0.357 e. The van der Waals surface area contributed by atoms with Crippen molar-refractivity contribution in [3.05, 3.63) is 46.9 Å². The van der Waals surface area contributed by atoms with Crippen LogP contribution in [0.5, 0.6) is 0 Å². The van der Waals surface area contributed by atoms with Crippen molar-refractivity contribution in [2.24, 2.45) is 5.73 Å². The zero-order valence-electron chi connectivity index (χ0n) is 18.6. The Morgan fingerprint density at radius 3 is 3.03 bits per heavy atom. The van der Waals surface area contributed by atoms with Gasteiger partial charge in [-0.15, -0.1) is 5.10 Å². The molecule has 1 aliphatic rings. The van der Waals surface area contributed by atoms with Gasteiger partial charge in [0.15, 0.2) is 0 Å². The molecule has 10 nitrogen and oxygen atoms in total. The lowest BCUT2D eigenvalue weighted by Crippen LogP contribution is -2.53. The molecule has 0 bridgehead atoms. The van der Waals surface area contributed by atoms with E-state index in [-0.39, 0.29) is 24.5 Å². The van der Waals surface area contributed by atoms with Crippen LogP contribution in [-0.2, 0) is 24.3 Å². The number of aromatic nitrogens is 4. The summed E-state index contributed by atoms with van der Waals surface area (Å²) in [6, 6.07) is 7.39. The average molecular weight is 473 g/mol. The van der Waals surface area contributed by atoms with Crippen LogP contribution in [0.2, 0.25) is 5.02 Å². The van der Waals surface area contributed by atoms with Crippen LogP contribution in [0.4, 0.5) is 4.79 Å². The van der Waals surface area contributed by atoms with E-state index >= 15 is 0 Å². The van der Waals surface area contributed by atoms with Crippen LogP contribution < -0.4 is 11.1 Å². The summed E-state index contributed by atoms with van der Waals surface area (Å²) >= 11 is 6.05. The van der Waals surface area contributed by atoms with E-state index in [1.807, 2.05) is 24.3 Å². The topological polar surface area (TPSA) is 125 Å². The van der Waals surface area contributed by atoms with Crippen molar-refractivity contribution in [1.29, 1.82) is 0 Å². The fourth-order valence-electron chi connectivity index (χ4n) is 4.13. The van der Waals surface area contributed by atoms with Crippen LogP contribution in [-0.4, -0.2) is 74.4 Å². The number of likely N-dealkylation sites (tertiary alicyclic amines) is 1. The van der Waals surface area contributed by atoms with Crippen LogP contribution in [0, 0.1) is 0 Å². The molecule has 0 aliphatic carbocycles. The highest BCUT2D eigenvalue weighted by Gasteiger charge is 2.28. The second-order valence-corrected chi connectivity index (χ2v) is 8.81. The molecule has 1 aromatic carbocycles. The maximum atomic E-state index is 12.8. The lowest BCUT2D eigenvalue weighted by Gasteiger charge is -2.37. The van der Waals surface area contributed by atoms with Gasteiger partial charge in [0.1, 0.15) is 6.54 Å². The molecule has 0 spiro atoms. The summed E-state index contributed by atoms with van der Waals surface area (Å²) in [5, 5.41) is 12.7. The third-order valence-electron chi connectivity index (χ3n) is 5.97.